The van der Waals surface area contributed by atoms with E-state index in [1.807, 2.05) is 6.07 Å². The Morgan fingerprint density at radius 1 is 0.635 bits per heavy atom. The number of aliphatic imine (C=N–C) groups is 1. The molecule has 0 radical (unpaired) electrons. The van der Waals surface area contributed by atoms with Crippen LogP contribution in [0.4, 0.5) is 0 Å². The van der Waals surface area contributed by atoms with Crippen LogP contribution in [0, 0.1) is 11.8 Å². The third kappa shape index (κ3) is 4.23. The van der Waals surface area contributed by atoms with Crippen molar-refractivity contribution in [2.75, 3.05) is 0 Å². The average molecular weight is 670 g/mol. The molecule has 5 heteroatoms. The van der Waals surface area contributed by atoms with Gasteiger partial charge in [0.15, 0.2) is 0 Å². The molecule has 6 heterocycles. The molecule has 4 unspecified atom stereocenters. The van der Waals surface area contributed by atoms with Crippen LogP contribution in [0.1, 0.15) is 34.7 Å². The number of benzene rings is 5. The standard InChI is InChI=1S/C47H35N5/c1-4-14-30(15-5-1)37-28-34-29-38(37)47(44(32-16-6-2-7-17-32)50-46(34)51-45(47)33-18-8-3-9-19-33)35-25-23-31(24-26-35)41-43-42(36-20-10-11-21-39(36)48-41)49-40-22-12-13-27-52(40)43/h1-28,34,38,44,46,50H,29H2/t34?,38-,44?,46?,47?/m1/s1. The summed E-state index contributed by atoms with van der Waals surface area (Å²) in [4.78, 5) is 16.1. The topological polar surface area (TPSA) is 54.6 Å². The van der Waals surface area contributed by atoms with E-state index in [2.05, 4.69) is 174 Å². The Bertz CT molecular complexity index is 2700. The fraction of sp³-hybridized carbons (Fsp3) is 0.128. The van der Waals surface area contributed by atoms with Crippen LogP contribution in [-0.4, -0.2) is 26.2 Å². The zero-order chi connectivity index (χ0) is 34.2. The fourth-order valence-electron chi connectivity index (χ4n) is 9.58. The second-order valence-electron chi connectivity index (χ2n) is 14.4. The maximum atomic E-state index is 5.67. The van der Waals surface area contributed by atoms with Crippen LogP contribution in [0.5, 0.6) is 0 Å². The Balaban J connectivity index is 1.17. The minimum atomic E-state index is -0.500. The first-order valence-electron chi connectivity index (χ1n) is 18.3. The quantitative estimate of drug-likeness (QED) is 0.199. The average Bonchev–Trinajstić information content (AvgIpc) is 3.78. The van der Waals surface area contributed by atoms with E-state index in [4.69, 9.17) is 15.0 Å². The van der Waals surface area contributed by atoms with Crippen LogP contribution >= 0.6 is 0 Å². The van der Waals surface area contributed by atoms with Crippen molar-refractivity contribution >= 4 is 38.9 Å². The number of nitrogens with zero attached hydrogens (tertiary/aromatic N) is 4. The summed E-state index contributed by atoms with van der Waals surface area (Å²) in [6.07, 6.45) is 5.62. The van der Waals surface area contributed by atoms with E-state index in [1.165, 1.54) is 33.5 Å². The summed E-state index contributed by atoms with van der Waals surface area (Å²) in [7, 11) is 0. The van der Waals surface area contributed by atoms with E-state index < -0.39 is 5.41 Å². The fourth-order valence-corrected chi connectivity index (χ4v) is 9.58. The van der Waals surface area contributed by atoms with Gasteiger partial charge in [0.25, 0.3) is 0 Å². The van der Waals surface area contributed by atoms with E-state index >= 15 is 0 Å². The largest absolute Gasteiger partial charge is 0.298 e. The van der Waals surface area contributed by atoms with Crippen molar-refractivity contribution in [2.45, 2.75) is 24.0 Å². The first-order chi connectivity index (χ1) is 25.8. The number of fused-ring (bicyclic) bond motifs is 6. The summed E-state index contributed by atoms with van der Waals surface area (Å²) in [5, 5.41) is 5.19. The molecule has 1 aliphatic carbocycles. The van der Waals surface area contributed by atoms with Crippen molar-refractivity contribution in [1.82, 2.24) is 19.7 Å². The molecule has 0 spiro atoms. The van der Waals surface area contributed by atoms with Crippen LogP contribution in [0.2, 0.25) is 0 Å². The Morgan fingerprint density at radius 3 is 2.12 bits per heavy atom. The predicted molar refractivity (Wildman–Crippen MR) is 210 cm³/mol. The minimum Gasteiger partial charge on any atom is -0.298 e. The maximum Gasteiger partial charge on any atom is 0.137 e. The van der Waals surface area contributed by atoms with Crippen LogP contribution < -0.4 is 5.32 Å². The van der Waals surface area contributed by atoms with Crippen molar-refractivity contribution in [3.8, 4) is 11.3 Å². The molecule has 3 aromatic heterocycles. The minimum absolute atomic E-state index is 0.00365. The summed E-state index contributed by atoms with van der Waals surface area (Å²) in [5.41, 5.74) is 13.0. The van der Waals surface area contributed by atoms with Crippen LogP contribution in [0.3, 0.4) is 0 Å². The highest BCUT2D eigenvalue weighted by Gasteiger charge is 2.60. The van der Waals surface area contributed by atoms with Gasteiger partial charge in [-0.15, -0.1) is 0 Å². The molecule has 8 aromatic rings. The van der Waals surface area contributed by atoms with Gasteiger partial charge in [-0.25, -0.2) is 9.97 Å². The number of hydrogen-bond acceptors (Lipinski definition) is 4. The number of rotatable bonds is 5. The first kappa shape index (κ1) is 29.5. The van der Waals surface area contributed by atoms with E-state index in [0.29, 0.717) is 5.92 Å². The van der Waals surface area contributed by atoms with Gasteiger partial charge in [0, 0.05) is 35.0 Å². The summed E-state index contributed by atoms with van der Waals surface area (Å²) in [6.45, 7) is 0. The number of allylic oxidation sites excluding steroid dienone is 1. The summed E-state index contributed by atoms with van der Waals surface area (Å²) < 4.78 is 2.18. The number of nitrogens with one attached hydrogen (secondary N) is 1. The molecule has 1 fully saturated rings. The number of hydrogen-bond donors (Lipinski definition) is 1. The predicted octanol–water partition coefficient (Wildman–Crippen LogP) is 9.83. The van der Waals surface area contributed by atoms with E-state index in [1.54, 1.807) is 0 Å². The lowest BCUT2D eigenvalue weighted by Gasteiger charge is -2.50. The molecule has 0 amide bonds. The van der Waals surface area contributed by atoms with Crippen LogP contribution in [-0.2, 0) is 5.41 Å². The van der Waals surface area contributed by atoms with Crippen molar-refractivity contribution in [1.29, 1.82) is 0 Å². The van der Waals surface area contributed by atoms with Crippen molar-refractivity contribution < 1.29 is 0 Å². The van der Waals surface area contributed by atoms with E-state index in [-0.39, 0.29) is 18.1 Å². The third-order valence-corrected chi connectivity index (χ3v) is 11.8. The van der Waals surface area contributed by atoms with E-state index in [0.717, 1.165) is 45.3 Å². The van der Waals surface area contributed by atoms with E-state index in [9.17, 15) is 0 Å². The van der Waals surface area contributed by atoms with Gasteiger partial charge < -0.3 is 0 Å². The molecular formula is C47H35N5. The van der Waals surface area contributed by atoms with Crippen LogP contribution in [0.25, 0.3) is 44.4 Å². The van der Waals surface area contributed by atoms with Gasteiger partial charge in [-0.05, 0) is 52.4 Å². The number of pyridine rings is 2. The molecule has 12 rings (SSSR count). The first-order valence-corrected chi connectivity index (χ1v) is 18.3. The van der Waals surface area contributed by atoms with Gasteiger partial charge >= 0.3 is 0 Å². The summed E-state index contributed by atoms with van der Waals surface area (Å²) in [5.74, 6) is 0.484. The van der Waals surface area contributed by atoms with Gasteiger partial charge in [-0.2, -0.15) is 0 Å². The molecule has 248 valence electrons. The lowest BCUT2D eigenvalue weighted by molar-refractivity contribution is 0.304. The normalized spacial score (nSPS) is 23.5. The van der Waals surface area contributed by atoms with Crippen molar-refractivity contribution in [3.05, 3.63) is 192 Å². The molecule has 5 nitrogen and oxygen atoms in total. The lowest BCUT2D eigenvalue weighted by Crippen LogP contribution is -2.57. The second kappa shape index (κ2) is 11.4. The molecule has 4 aliphatic rings. The monoisotopic (exact) mass is 669 g/mol. The maximum absolute atomic E-state index is 5.67. The molecule has 4 bridgehead atoms. The van der Waals surface area contributed by atoms with Gasteiger partial charge in [0.05, 0.1) is 27.9 Å². The second-order valence-corrected chi connectivity index (χ2v) is 14.4. The van der Waals surface area contributed by atoms with Gasteiger partial charge in [-0.3, -0.25) is 14.7 Å². The summed E-state index contributed by atoms with van der Waals surface area (Å²) in [6, 6.07) is 56.7. The highest BCUT2D eigenvalue weighted by Crippen LogP contribution is 2.60. The molecular weight excluding hydrogens is 635 g/mol. The SMILES string of the molecule is C1=C(c2ccccc2)[C@H]2CC1C1N=C(c3ccccc3)C2(c2ccc(-c3nc4ccccc4c4nc5ccccn5c34)cc2)C(c2ccccc2)N1. The zero-order valence-electron chi connectivity index (χ0n) is 28.5. The molecule has 1 saturated heterocycles. The number of imidazole rings is 1. The van der Waals surface area contributed by atoms with Crippen molar-refractivity contribution in [3.63, 3.8) is 0 Å². The van der Waals surface area contributed by atoms with Crippen molar-refractivity contribution in [2.24, 2.45) is 16.8 Å². The highest BCUT2D eigenvalue weighted by molar-refractivity contribution is 6.12. The Labute approximate surface area is 302 Å². The lowest BCUT2D eigenvalue weighted by atomic mass is 9.57. The molecule has 0 saturated carbocycles. The smallest absolute Gasteiger partial charge is 0.137 e. The van der Waals surface area contributed by atoms with Gasteiger partial charge in [-0.1, -0.05) is 146 Å². The molecule has 52 heavy (non-hydrogen) atoms. The highest BCUT2D eigenvalue weighted by atomic mass is 15.2. The zero-order valence-corrected chi connectivity index (χ0v) is 28.5. The third-order valence-electron chi connectivity index (χ3n) is 11.8. The Kier molecular flexibility index (Phi) is 6.49. The molecule has 1 N–H and O–H groups in total. The van der Waals surface area contributed by atoms with Gasteiger partial charge in [0.2, 0.25) is 0 Å². The number of aromatic nitrogens is 3. The molecule has 3 aliphatic heterocycles. The van der Waals surface area contributed by atoms with Crippen LogP contribution in [0.15, 0.2) is 175 Å². The Hall–Kier alpha value is -6.17. The summed E-state index contributed by atoms with van der Waals surface area (Å²) >= 11 is 0. The Morgan fingerprint density at radius 2 is 1.33 bits per heavy atom. The molecule has 5 atom stereocenters. The van der Waals surface area contributed by atoms with Gasteiger partial charge in [0.1, 0.15) is 17.3 Å². The number of para-hydroxylation sites is 1. The molecule has 5 aromatic carbocycles.